The van der Waals surface area contributed by atoms with Crippen molar-refractivity contribution in [2.24, 2.45) is 0 Å². The van der Waals surface area contributed by atoms with Gasteiger partial charge < -0.3 is 9.14 Å². The number of carbonyl (C=O) groups excluding carboxylic acids is 1. The standard InChI is InChI=1S/C11H12N2O2/c1-3-15-11(14)10-9-5-4-8(2)6-13(9)7-12-10/h4-7H,3H2,1-2H3. The summed E-state index contributed by atoms with van der Waals surface area (Å²) in [6.07, 6.45) is 3.54. The minimum absolute atomic E-state index is 0.365. The molecule has 0 spiro atoms. The molecule has 0 aromatic carbocycles. The molecule has 2 aromatic rings. The lowest BCUT2D eigenvalue weighted by Gasteiger charge is -1.99. The molecule has 0 N–H and O–H groups in total. The molecule has 0 radical (unpaired) electrons. The third-order valence-electron chi connectivity index (χ3n) is 2.15. The molecule has 0 saturated carbocycles. The number of esters is 1. The van der Waals surface area contributed by atoms with Gasteiger partial charge in [0, 0.05) is 6.20 Å². The first-order chi connectivity index (χ1) is 7.22. The van der Waals surface area contributed by atoms with E-state index >= 15 is 0 Å². The number of ether oxygens (including phenoxy) is 1. The van der Waals surface area contributed by atoms with Crippen LogP contribution in [0.2, 0.25) is 0 Å². The van der Waals surface area contributed by atoms with Crippen molar-refractivity contribution < 1.29 is 9.53 Å². The summed E-state index contributed by atoms with van der Waals surface area (Å²) >= 11 is 0. The number of fused-ring (bicyclic) bond motifs is 1. The van der Waals surface area contributed by atoms with Gasteiger partial charge in [-0.05, 0) is 25.5 Å². The number of aromatic nitrogens is 2. The third-order valence-corrected chi connectivity index (χ3v) is 2.15. The number of rotatable bonds is 2. The maximum absolute atomic E-state index is 11.5. The number of aryl methyl sites for hydroxylation is 1. The first-order valence-corrected chi connectivity index (χ1v) is 4.83. The third kappa shape index (κ3) is 1.70. The van der Waals surface area contributed by atoms with E-state index in [-0.39, 0.29) is 5.97 Å². The van der Waals surface area contributed by atoms with E-state index in [1.54, 1.807) is 13.3 Å². The number of hydrogen-bond acceptors (Lipinski definition) is 3. The topological polar surface area (TPSA) is 43.6 Å². The Hall–Kier alpha value is -1.84. The number of pyridine rings is 1. The molecule has 0 fully saturated rings. The van der Waals surface area contributed by atoms with Crippen LogP contribution in [0.1, 0.15) is 23.0 Å². The van der Waals surface area contributed by atoms with Crippen LogP contribution >= 0.6 is 0 Å². The Morgan fingerprint density at radius 2 is 2.33 bits per heavy atom. The lowest BCUT2D eigenvalue weighted by atomic mass is 10.2. The molecule has 15 heavy (non-hydrogen) atoms. The van der Waals surface area contributed by atoms with Crippen LogP contribution in [0.3, 0.4) is 0 Å². The van der Waals surface area contributed by atoms with Crippen molar-refractivity contribution in [2.75, 3.05) is 6.61 Å². The summed E-state index contributed by atoms with van der Waals surface area (Å²) in [4.78, 5) is 15.6. The van der Waals surface area contributed by atoms with Crippen molar-refractivity contribution in [3.8, 4) is 0 Å². The molecule has 2 heterocycles. The van der Waals surface area contributed by atoms with E-state index in [4.69, 9.17) is 4.74 Å². The van der Waals surface area contributed by atoms with Gasteiger partial charge in [-0.2, -0.15) is 0 Å². The molecular weight excluding hydrogens is 192 g/mol. The van der Waals surface area contributed by atoms with E-state index in [1.165, 1.54) is 0 Å². The lowest BCUT2D eigenvalue weighted by Crippen LogP contribution is -2.05. The van der Waals surface area contributed by atoms with Crippen LogP contribution in [0, 0.1) is 6.92 Å². The zero-order valence-electron chi connectivity index (χ0n) is 8.73. The summed E-state index contributed by atoms with van der Waals surface area (Å²) in [5.41, 5.74) is 2.27. The lowest BCUT2D eigenvalue weighted by molar-refractivity contribution is 0.0522. The molecule has 78 valence electrons. The molecular formula is C11H12N2O2. The van der Waals surface area contributed by atoms with Crippen LogP contribution in [-0.2, 0) is 4.74 Å². The Bertz CT molecular complexity index is 502. The SMILES string of the molecule is CCOC(=O)c1ncn2cc(C)ccc12. The zero-order chi connectivity index (χ0) is 10.8. The second-order valence-electron chi connectivity index (χ2n) is 3.31. The first-order valence-electron chi connectivity index (χ1n) is 4.83. The molecule has 2 rings (SSSR count). The van der Waals surface area contributed by atoms with Gasteiger partial charge in [-0.25, -0.2) is 9.78 Å². The molecule has 0 unspecified atom stereocenters. The quantitative estimate of drug-likeness (QED) is 0.701. The zero-order valence-corrected chi connectivity index (χ0v) is 8.73. The summed E-state index contributed by atoms with van der Waals surface area (Å²) in [7, 11) is 0. The van der Waals surface area contributed by atoms with Crippen LogP contribution in [0.15, 0.2) is 24.7 Å². The fourth-order valence-corrected chi connectivity index (χ4v) is 1.47. The summed E-state index contributed by atoms with van der Waals surface area (Å²) in [6, 6.07) is 3.81. The van der Waals surface area contributed by atoms with Gasteiger partial charge in [-0.3, -0.25) is 0 Å². The fourth-order valence-electron chi connectivity index (χ4n) is 1.47. The highest BCUT2D eigenvalue weighted by molar-refractivity contribution is 5.94. The monoisotopic (exact) mass is 204 g/mol. The number of carbonyl (C=O) groups is 1. The first kappa shape index (κ1) is 9.71. The van der Waals surface area contributed by atoms with Crippen molar-refractivity contribution in [2.45, 2.75) is 13.8 Å². The Morgan fingerprint density at radius 1 is 1.53 bits per heavy atom. The van der Waals surface area contributed by atoms with E-state index in [2.05, 4.69) is 4.98 Å². The maximum atomic E-state index is 11.5. The molecule has 4 heteroatoms. The fraction of sp³-hybridized carbons (Fsp3) is 0.273. The van der Waals surface area contributed by atoms with Crippen LogP contribution in [0.25, 0.3) is 5.52 Å². The van der Waals surface area contributed by atoms with Crippen molar-refractivity contribution in [1.82, 2.24) is 9.38 Å². The molecule has 0 saturated heterocycles. The van der Waals surface area contributed by atoms with Crippen LogP contribution < -0.4 is 0 Å². The Balaban J connectivity index is 2.49. The van der Waals surface area contributed by atoms with Gasteiger partial charge >= 0.3 is 5.97 Å². The van der Waals surface area contributed by atoms with E-state index in [1.807, 2.05) is 29.7 Å². The van der Waals surface area contributed by atoms with E-state index in [0.29, 0.717) is 12.3 Å². The van der Waals surface area contributed by atoms with E-state index in [0.717, 1.165) is 11.1 Å². The molecule has 0 aliphatic carbocycles. The second kappa shape index (κ2) is 3.73. The molecule has 0 bridgehead atoms. The molecule has 4 nitrogen and oxygen atoms in total. The Labute approximate surface area is 87.5 Å². The summed E-state index contributed by atoms with van der Waals surface area (Å²) in [5, 5.41) is 0. The number of nitrogens with zero attached hydrogens (tertiary/aromatic N) is 2. The van der Waals surface area contributed by atoms with Crippen molar-refractivity contribution >= 4 is 11.5 Å². The molecule has 0 aliphatic rings. The van der Waals surface area contributed by atoms with Gasteiger partial charge in [-0.15, -0.1) is 0 Å². The van der Waals surface area contributed by atoms with Gasteiger partial charge in [0.05, 0.1) is 12.1 Å². The predicted octanol–water partition coefficient (Wildman–Crippen LogP) is 1.82. The van der Waals surface area contributed by atoms with Crippen LogP contribution in [0.4, 0.5) is 0 Å². The molecule has 2 aromatic heterocycles. The van der Waals surface area contributed by atoms with Gasteiger partial charge in [0.2, 0.25) is 0 Å². The van der Waals surface area contributed by atoms with Gasteiger partial charge in [0.15, 0.2) is 5.69 Å². The van der Waals surface area contributed by atoms with Crippen LogP contribution in [-0.4, -0.2) is 22.0 Å². The van der Waals surface area contributed by atoms with Crippen molar-refractivity contribution in [3.63, 3.8) is 0 Å². The Kier molecular flexibility index (Phi) is 2.41. The number of imidazole rings is 1. The minimum Gasteiger partial charge on any atom is -0.461 e. The van der Waals surface area contributed by atoms with Gasteiger partial charge in [0.25, 0.3) is 0 Å². The summed E-state index contributed by atoms with van der Waals surface area (Å²) in [5.74, 6) is -0.371. The summed E-state index contributed by atoms with van der Waals surface area (Å²) in [6.45, 7) is 4.13. The normalized spacial score (nSPS) is 10.5. The molecule has 0 atom stereocenters. The minimum atomic E-state index is -0.371. The van der Waals surface area contributed by atoms with Gasteiger partial charge in [0.1, 0.15) is 6.33 Å². The average Bonchev–Trinajstić information content (AvgIpc) is 2.60. The molecule has 0 amide bonds. The highest BCUT2D eigenvalue weighted by Gasteiger charge is 2.13. The highest BCUT2D eigenvalue weighted by atomic mass is 16.5. The Morgan fingerprint density at radius 3 is 3.07 bits per heavy atom. The van der Waals surface area contributed by atoms with Crippen LogP contribution in [0.5, 0.6) is 0 Å². The van der Waals surface area contributed by atoms with Crippen molar-refractivity contribution in [3.05, 3.63) is 35.9 Å². The number of hydrogen-bond donors (Lipinski definition) is 0. The van der Waals surface area contributed by atoms with E-state index < -0.39 is 0 Å². The van der Waals surface area contributed by atoms with E-state index in [9.17, 15) is 4.79 Å². The average molecular weight is 204 g/mol. The van der Waals surface area contributed by atoms with Crippen molar-refractivity contribution in [1.29, 1.82) is 0 Å². The second-order valence-corrected chi connectivity index (χ2v) is 3.31. The molecule has 0 aliphatic heterocycles. The predicted molar refractivity (Wildman–Crippen MR) is 55.9 cm³/mol. The van der Waals surface area contributed by atoms with Gasteiger partial charge in [-0.1, -0.05) is 6.07 Å². The highest BCUT2D eigenvalue weighted by Crippen LogP contribution is 2.11. The summed E-state index contributed by atoms with van der Waals surface area (Å²) < 4.78 is 6.73. The largest absolute Gasteiger partial charge is 0.461 e. The maximum Gasteiger partial charge on any atom is 0.359 e. The smallest absolute Gasteiger partial charge is 0.359 e.